The minimum Gasteiger partial charge on any atom is -0.327 e. The molecule has 1 aliphatic rings. The highest BCUT2D eigenvalue weighted by Gasteiger charge is 2.36. The Morgan fingerprint density at radius 2 is 1.62 bits per heavy atom. The maximum atomic E-state index is 13.1. The van der Waals surface area contributed by atoms with E-state index in [4.69, 9.17) is 5.73 Å². The Kier molecular flexibility index (Phi) is 4.56. The lowest BCUT2D eigenvalue weighted by Crippen LogP contribution is -2.37. The van der Waals surface area contributed by atoms with Crippen molar-refractivity contribution in [2.24, 2.45) is 11.7 Å². The molecule has 118 valence electrons. The van der Waals surface area contributed by atoms with Crippen LogP contribution >= 0.6 is 0 Å². The van der Waals surface area contributed by atoms with Crippen molar-refractivity contribution in [3.63, 3.8) is 0 Å². The average molecular weight is 307 g/mol. The van der Waals surface area contributed by atoms with E-state index >= 15 is 0 Å². The maximum absolute atomic E-state index is 13.1. The predicted molar refractivity (Wildman–Crippen MR) is 70.0 cm³/mol. The van der Waals surface area contributed by atoms with Crippen LogP contribution in [0.3, 0.4) is 0 Å². The summed E-state index contributed by atoms with van der Waals surface area (Å²) in [6, 6.07) is 4.56. The van der Waals surface area contributed by atoms with Crippen molar-refractivity contribution in [3.8, 4) is 0 Å². The van der Waals surface area contributed by atoms with Crippen LogP contribution in [0.25, 0.3) is 0 Å². The molecule has 1 aromatic carbocycles. The minimum atomic E-state index is -4.35. The lowest BCUT2D eigenvalue weighted by Gasteiger charge is -2.32. The molecule has 1 saturated carbocycles. The maximum Gasteiger partial charge on any atom is 0.416 e. The summed E-state index contributed by atoms with van der Waals surface area (Å²) < 4.78 is 63.5. The van der Waals surface area contributed by atoms with Gasteiger partial charge in [-0.25, -0.2) is 8.78 Å². The van der Waals surface area contributed by atoms with Gasteiger partial charge in [-0.1, -0.05) is 12.1 Å². The first-order chi connectivity index (χ1) is 9.67. The van der Waals surface area contributed by atoms with Crippen LogP contribution in [0.2, 0.25) is 0 Å². The summed E-state index contributed by atoms with van der Waals surface area (Å²) in [5.41, 5.74) is 6.03. The first kappa shape index (κ1) is 16.2. The second kappa shape index (κ2) is 5.91. The summed E-state index contributed by atoms with van der Waals surface area (Å²) in [6.45, 7) is 0. The highest BCUT2D eigenvalue weighted by molar-refractivity contribution is 5.25. The van der Waals surface area contributed by atoms with Gasteiger partial charge in [0.2, 0.25) is 5.92 Å². The molecule has 1 unspecified atom stereocenters. The quantitative estimate of drug-likeness (QED) is 0.823. The Morgan fingerprint density at radius 3 is 2.10 bits per heavy atom. The molecule has 6 heteroatoms. The SMILES string of the molecule is NC(Cc1ccc(C(F)(F)F)cc1)C1CCC(F)(F)CC1. The number of hydrogen-bond donors (Lipinski definition) is 1. The van der Waals surface area contributed by atoms with Crippen LogP contribution in [0.4, 0.5) is 22.0 Å². The van der Waals surface area contributed by atoms with Gasteiger partial charge in [-0.2, -0.15) is 13.2 Å². The third-order valence-corrected chi connectivity index (χ3v) is 4.12. The van der Waals surface area contributed by atoms with Crippen LogP contribution in [0.15, 0.2) is 24.3 Å². The number of rotatable bonds is 3. The van der Waals surface area contributed by atoms with Crippen LogP contribution in [-0.4, -0.2) is 12.0 Å². The summed E-state index contributed by atoms with van der Waals surface area (Å²) in [7, 11) is 0. The van der Waals surface area contributed by atoms with Crippen molar-refractivity contribution < 1.29 is 22.0 Å². The molecule has 1 nitrogen and oxygen atoms in total. The first-order valence-corrected chi connectivity index (χ1v) is 6.97. The van der Waals surface area contributed by atoms with Gasteiger partial charge in [0.05, 0.1) is 5.56 Å². The molecule has 0 amide bonds. The molecule has 1 fully saturated rings. The van der Waals surface area contributed by atoms with Crippen molar-refractivity contribution in [2.45, 2.75) is 50.2 Å². The summed E-state index contributed by atoms with van der Waals surface area (Å²) in [4.78, 5) is 0. The number of benzene rings is 1. The van der Waals surface area contributed by atoms with E-state index in [2.05, 4.69) is 0 Å². The Morgan fingerprint density at radius 1 is 1.10 bits per heavy atom. The second-order valence-corrected chi connectivity index (χ2v) is 5.76. The zero-order chi connectivity index (χ0) is 15.7. The fourth-order valence-electron chi connectivity index (χ4n) is 2.76. The van der Waals surface area contributed by atoms with Gasteiger partial charge in [-0.05, 0) is 42.9 Å². The standard InChI is InChI=1S/C15H18F5N/c16-14(17)7-5-11(6-8-14)13(21)9-10-1-3-12(4-2-10)15(18,19)20/h1-4,11,13H,5-9,21H2. The van der Waals surface area contributed by atoms with E-state index < -0.39 is 17.7 Å². The molecular weight excluding hydrogens is 289 g/mol. The van der Waals surface area contributed by atoms with Gasteiger partial charge in [0, 0.05) is 18.9 Å². The number of alkyl halides is 5. The van der Waals surface area contributed by atoms with Crippen LogP contribution in [0.5, 0.6) is 0 Å². The Hall–Kier alpha value is -1.17. The normalized spacial score (nSPS) is 21.2. The highest BCUT2D eigenvalue weighted by Crippen LogP contribution is 2.37. The second-order valence-electron chi connectivity index (χ2n) is 5.76. The van der Waals surface area contributed by atoms with E-state index in [1.54, 1.807) is 0 Å². The first-order valence-electron chi connectivity index (χ1n) is 6.97. The van der Waals surface area contributed by atoms with E-state index in [0.717, 1.165) is 12.1 Å². The predicted octanol–water partition coefficient (Wildman–Crippen LogP) is 4.40. The molecule has 21 heavy (non-hydrogen) atoms. The summed E-state index contributed by atoms with van der Waals surface area (Å²) in [5, 5.41) is 0. The van der Waals surface area contributed by atoms with E-state index in [1.165, 1.54) is 12.1 Å². The molecule has 0 spiro atoms. The van der Waals surface area contributed by atoms with E-state index in [-0.39, 0.29) is 24.8 Å². The van der Waals surface area contributed by atoms with Crippen molar-refractivity contribution in [1.29, 1.82) is 0 Å². The zero-order valence-corrected chi connectivity index (χ0v) is 11.5. The lowest BCUT2D eigenvalue weighted by molar-refractivity contribution is -0.137. The van der Waals surface area contributed by atoms with Crippen LogP contribution in [-0.2, 0) is 12.6 Å². The molecule has 1 atom stereocenters. The molecule has 0 aromatic heterocycles. The molecule has 1 aliphatic carbocycles. The third-order valence-electron chi connectivity index (χ3n) is 4.12. The zero-order valence-electron chi connectivity index (χ0n) is 11.5. The van der Waals surface area contributed by atoms with Crippen molar-refractivity contribution in [3.05, 3.63) is 35.4 Å². The van der Waals surface area contributed by atoms with Gasteiger partial charge in [0.1, 0.15) is 0 Å². The van der Waals surface area contributed by atoms with Gasteiger partial charge in [-0.3, -0.25) is 0 Å². The van der Waals surface area contributed by atoms with E-state index in [1.807, 2.05) is 0 Å². The van der Waals surface area contributed by atoms with Crippen molar-refractivity contribution in [2.75, 3.05) is 0 Å². The minimum absolute atomic E-state index is 0.00641. The summed E-state index contributed by atoms with van der Waals surface area (Å²) in [6.07, 6.45) is -3.51. The Bertz CT molecular complexity index is 456. The van der Waals surface area contributed by atoms with Crippen LogP contribution in [0, 0.1) is 5.92 Å². The van der Waals surface area contributed by atoms with Gasteiger partial charge < -0.3 is 5.73 Å². The molecule has 0 aliphatic heterocycles. The monoisotopic (exact) mass is 307 g/mol. The smallest absolute Gasteiger partial charge is 0.327 e. The van der Waals surface area contributed by atoms with Gasteiger partial charge in [-0.15, -0.1) is 0 Å². The molecule has 0 bridgehead atoms. The molecule has 0 heterocycles. The van der Waals surface area contributed by atoms with Gasteiger partial charge in [0.15, 0.2) is 0 Å². The molecule has 2 rings (SSSR count). The number of halogens is 5. The number of nitrogens with two attached hydrogens (primary N) is 1. The van der Waals surface area contributed by atoms with E-state index in [0.29, 0.717) is 24.8 Å². The Labute approximate surface area is 120 Å². The van der Waals surface area contributed by atoms with Crippen LogP contribution in [0.1, 0.15) is 36.8 Å². The highest BCUT2D eigenvalue weighted by atomic mass is 19.4. The third kappa shape index (κ3) is 4.40. The molecule has 0 saturated heterocycles. The lowest BCUT2D eigenvalue weighted by atomic mass is 9.80. The number of hydrogen-bond acceptors (Lipinski definition) is 1. The summed E-state index contributed by atoms with van der Waals surface area (Å²) in [5.74, 6) is -2.59. The van der Waals surface area contributed by atoms with Gasteiger partial charge >= 0.3 is 6.18 Å². The van der Waals surface area contributed by atoms with Crippen molar-refractivity contribution >= 4 is 0 Å². The largest absolute Gasteiger partial charge is 0.416 e. The van der Waals surface area contributed by atoms with Gasteiger partial charge in [0.25, 0.3) is 0 Å². The molecule has 0 radical (unpaired) electrons. The van der Waals surface area contributed by atoms with E-state index in [9.17, 15) is 22.0 Å². The molecule has 1 aromatic rings. The molecular formula is C15H18F5N. The fraction of sp³-hybridized carbons (Fsp3) is 0.600. The fourth-order valence-corrected chi connectivity index (χ4v) is 2.76. The molecule has 2 N–H and O–H groups in total. The average Bonchev–Trinajstić information content (AvgIpc) is 2.38. The summed E-state index contributed by atoms with van der Waals surface area (Å²) >= 11 is 0. The van der Waals surface area contributed by atoms with Crippen LogP contribution < -0.4 is 5.73 Å². The Balaban J connectivity index is 1.92. The van der Waals surface area contributed by atoms with Crippen molar-refractivity contribution in [1.82, 2.24) is 0 Å². The topological polar surface area (TPSA) is 26.0 Å².